The molecule has 1 aliphatic heterocycles. The summed E-state index contributed by atoms with van der Waals surface area (Å²) >= 11 is 0. The predicted octanol–water partition coefficient (Wildman–Crippen LogP) is 0.653. The molecule has 1 saturated heterocycles. The summed E-state index contributed by atoms with van der Waals surface area (Å²) in [5, 5.41) is 8.47. The maximum Gasteiger partial charge on any atom is 0.328 e. The molecule has 0 spiro atoms. The van der Waals surface area contributed by atoms with Crippen molar-refractivity contribution >= 4 is 5.97 Å². The van der Waals surface area contributed by atoms with Gasteiger partial charge in [0.25, 0.3) is 0 Å². The Bertz CT molecular complexity index is 241. The summed E-state index contributed by atoms with van der Waals surface area (Å²) in [5.41, 5.74) is 0. The Morgan fingerprint density at radius 1 is 1.67 bits per heavy atom. The van der Waals surface area contributed by atoms with Crippen molar-refractivity contribution in [1.29, 1.82) is 0 Å². The number of likely N-dealkylation sites (tertiary alicyclic amines) is 1. The van der Waals surface area contributed by atoms with E-state index in [0.29, 0.717) is 12.6 Å². The average molecular weight is 212 g/mol. The second kappa shape index (κ2) is 5.88. The summed E-state index contributed by atoms with van der Waals surface area (Å²) in [6.45, 7) is 2.97. The minimum atomic E-state index is -0.871. The molecule has 0 radical (unpaired) electrons. The van der Waals surface area contributed by atoms with Gasteiger partial charge >= 0.3 is 5.97 Å². The first-order chi connectivity index (χ1) is 7.09. The van der Waals surface area contributed by atoms with Gasteiger partial charge in [-0.05, 0) is 33.5 Å². The van der Waals surface area contributed by atoms with Crippen LogP contribution in [0.2, 0.25) is 0 Å². The van der Waals surface area contributed by atoms with E-state index in [1.165, 1.54) is 25.5 Å². The average Bonchev–Trinajstić information content (AvgIpc) is 2.17. The van der Waals surface area contributed by atoms with Crippen LogP contribution in [-0.2, 0) is 4.79 Å². The van der Waals surface area contributed by atoms with Gasteiger partial charge in [0.2, 0.25) is 0 Å². The van der Waals surface area contributed by atoms with Gasteiger partial charge in [0.05, 0.1) is 0 Å². The Balaban J connectivity index is 2.32. The number of carboxylic acid groups (broad SMARTS) is 1. The summed E-state index contributed by atoms with van der Waals surface area (Å²) in [6.07, 6.45) is 5.36. The van der Waals surface area contributed by atoms with Gasteiger partial charge in [0, 0.05) is 25.2 Å². The molecule has 86 valence electrons. The van der Waals surface area contributed by atoms with E-state index < -0.39 is 5.97 Å². The van der Waals surface area contributed by atoms with E-state index in [9.17, 15) is 4.79 Å². The largest absolute Gasteiger partial charge is 0.478 e. The number of likely N-dealkylation sites (N-methyl/N-ethyl adjacent to an activating group) is 2. The van der Waals surface area contributed by atoms with Gasteiger partial charge in [-0.1, -0.05) is 6.08 Å². The fourth-order valence-electron chi connectivity index (χ4n) is 1.97. The summed E-state index contributed by atoms with van der Waals surface area (Å²) < 4.78 is 0. The third-order valence-electron chi connectivity index (χ3n) is 2.88. The number of piperidine rings is 1. The van der Waals surface area contributed by atoms with Crippen LogP contribution in [0, 0.1) is 0 Å². The molecule has 1 heterocycles. The normalized spacial score (nSPS) is 23.8. The molecule has 1 rings (SSSR count). The zero-order valence-electron chi connectivity index (χ0n) is 9.52. The second-order valence-electron chi connectivity index (χ2n) is 4.24. The van der Waals surface area contributed by atoms with E-state index in [-0.39, 0.29) is 0 Å². The molecule has 1 unspecified atom stereocenters. The Morgan fingerprint density at radius 3 is 3.00 bits per heavy atom. The molecule has 1 atom stereocenters. The van der Waals surface area contributed by atoms with Crippen molar-refractivity contribution in [1.82, 2.24) is 9.80 Å². The van der Waals surface area contributed by atoms with Crippen molar-refractivity contribution in [2.24, 2.45) is 0 Å². The van der Waals surface area contributed by atoms with Crippen molar-refractivity contribution in [2.75, 3.05) is 33.7 Å². The molecular formula is C11H20N2O2. The molecule has 0 aromatic heterocycles. The van der Waals surface area contributed by atoms with E-state index >= 15 is 0 Å². The first-order valence-corrected chi connectivity index (χ1v) is 5.38. The number of carbonyl (C=O) groups is 1. The first-order valence-electron chi connectivity index (χ1n) is 5.38. The molecule has 1 fully saturated rings. The molecule has 1 aliphatic rings. The van der Waals surface area contributed by atoms with Crippen molar-refractivity contribution < 1.29 is 9.90 Å². The van der Waals surface area contributed by atoms with Gasteiger partial charge in [-0.3, -0.25) is 4.90 Å². The number of aliphatic carboxylic acids is 1. The highest BCUT2D eigenvalue weighted by molar-refractivity contribution is 5.79. The Hall–Kier alpha value is -0.870. The van der Waals surface area contributed by atoms with Crippen LogP contribution in [0.25, 0.3) is 0 Å². The fourth-order valence-corrected chi connectivity index (χ4v) is 1.97. The van der Waals surface area contributed by atoms with Gasteiger partial charge in [-0.25, -0.2) is 4.79 Å². The lowest BCUT2D eigenvalue weighted by Crippen LogP contribution is -2.44. The van der Waals surface area contributed by atoms with E-state index in [2.05, 4.69) is 23.9 Å². The molecule has 0 aliphatic carbocycles. The molecule has 0 saturated carbocycles. The van der Waals surface area contributed by atoms with Crippen LogP contribution >= 0.6 is 0 Å². The van der Waals surface area contributed by atoms with E-state index in [1.54, 1.807) is 6.08 Å². The van der Waals surface area contributed by atoms with Gasteiger partial charge in [0.1, 0.15) is 0 Å². The van der Waals surface area contributed by atoms with Crippen LogP contribution in [-0.4, -0.2) is 60.6 Å². The second-order valence-corrected chi connectivity index (χ2v) is 4.24. The highest BCUT2D eigenvalue weighted by Gasteiger charge is 2.19. The standard InChI is InChI=1S/C11H20N2O2/c1-12-7-3-5-10(9-12)13(2)8-4-6-11(14)15/h4,6,10H,3,5,7-9H2,1-2H3,(H,14,15). The topological polar surface area (TPSA) is 43.8 Å². The lowest BCUT2D eigenvalue weighted by molar-refractivity contribution is -0.131. The molecular weight excluding hydrogens is 192 g/mol. The third kappa shape index (κ3) is 4.44. The van der Waals surface area contributed by atoms with E-state index in [4.69, 9.17) is 5.11 Å². The maximum atomic E-state index is 10.3. The van der Waals surface area contributed by atoms with E-state index in [1.807, 2.05) is 0 Å². The van der Waals surface area contributed by atoms with Crippen molar-refractivity contribution in [3.8, 4) is 0 Å². The Labute approximate surface area is 91.2 Å². The molecule has 4 heteroatoms. The van der Waals surface area contributed by atoms with E-state index in [0.717, 1.165) is 6.54 Å². The zero-order chi connectivity index (χ0) is 11.3. The lowest BCUT2D eigenvalue weighted by Gasteiger charge is -2.35. The van der Waals surface area contributed by atoms with Crippen LogP contribution in [0.1, 0.15) is 12.8 Å². The maximum absolute atomic E-state index is 10.3. The summed E-state index contributed by atoms with van der Waals surface area (Å²) in [6, 6.07) is 0.558. The third-order valence-corrected chi connectivity index (χ3v) is 2.88. The first kappa shape index (κ1) is 12.2. The minimum absolute atomic E-state index is 0.558. The molecule has 0 bridgehead atoms. The highest BCUT2D eigenvalue weighted by atomic mass is 16.4. The van der Waals surface area contributed by atoms with Gasteiger partial charge in [0.15, 0.2) is 0 Å². The number of carboxylic acids is 1. The van der Waals surface area contributed by atoms with Crippen molar-refractivity contribution in [3.05, 3.63) is 12.2 Å². The Morgan fingerprint density at radius 2 is 2.40 bits per heavy atom. The van der Waals surface area contributed by atoms with Crippen LogP contribution in [0.4, 0.5) is 0 Å². The minimum Gasteiger partial charge on any atom is -0.478 e. The van der Waals surface area contributed by atoms with Crippen molar-refractivity contribution in [3.63, 3.8) is 0 Å². The smallest absolute Gasteiger partial charge is 0.328 e. The lowest BCUT2D eigenvalue weighted by atomic mass is 10.1. The monoisotopic (exact) mass is 212 g/mol. The molecule has 15 heavy (non-hydrogen) atoms. The number of hydrogen-bond acceptors (Lipinski definition) is 3. The summed E-state index contributed by atoms with van der Waals surface area (Å²) in [7, 11) is 4.18. The van der Waals surface area contributed by atoms with Crippen LogP contribution in [0.3, 0.4) is 0 Å². The van der Waals surface area contributed by atoms with Gasteiger partial charge in [-0.2, -0.15) is 0 Å². The van der Waals surface area contributed by atoms with Crippen LogP contribution in [0.5, 0.6) is 0 Å². The molecule has 0 aromatic rings. The molecule has 1 N–H and O–H groups in total. The SMILES string of the molecule is CN1CCCC(N(C)CC=CC(=O)O)C1. The van der Waals surface area contributed by atoms with Crippen LogP contribution < -0.4 is 0 Å². The fraction of sp³-hybridized carbons (Fsp3) is 0.727. The van der Waals surface area contributed by atoms with Gasteiger partial charge < -0.3 is 10.0 Å². The number of nitrogens with zero attached hydrogens (tertiary/aromatic N) is 2. The number of rotatable bonds is 4. The van der Waals surface area contributed by atoms with Crippen molar-refractivity contribution in [2.45, 2.75) is 18.9 Å². The Kier molecular flexibility index (Phi) is 4.78. The summed E-state index contributed by atoms with van der Waals surface area (Å²) in [4.78, 5) is 14.8. The zero-order valence-corrected chi connectivity index (χ0v) is 9.52. The molecule has 0 amide bonds. The van der Waals surface area contributed by atoms with Crippen LogP contribution in [0.15, 0.2) is 12.2 Å². The predicted molar refractivity (Wildman–Crippen MR) is 59.9 cm³/mol. The quantitative estimate of drug-likeness (QED) is 0.695. The summed E-state index contributed by atoms with van der Waals surface area (Å²) in [5.74, 6) is -0.871. The molecule has 4 nitrogen and oxygen atoms in total. The number of hydrogen-bond donors (Lipinski definition) is 1. The van der Waals surface area contributed by atoms with Gasteiger partial charge in [-0.15, -0.1) is 0 Å². The molecule has 0 aromatic carbocycles. The highest BCUT2D eigenvalue weighted by Crippen LogP contribution is 2.12.